The van der Waals surface area contributed by atoms with E-state index >= 15 is 0 Å². The summed E-state index contributed by atoms with van der Waals surface area (Å²) in [7, 11) is 4.07. The average Bonchev–Trinajstić information content (AvgIpc) is 2.51. The molecule has 0 spiro atoms. The first kappa shape index (κ1) is 16.6. The van der Waals surface area contributed by atoms with Gasteiger partial charge >= 0.3 is 0 Å². The monoisotopic (exact) mass is 319 g/mol. The van der Waals surface area contributed by atoms with Crippen LogP contribution in [0.2, 0.25) is 0 Å². The zero-order valence-electron chi connectivity index (χ0n) is 14.5. The lowest BCUT2D eigenvalue weighted by atomic mass is 9.69. The third-order valence-corrected chi connectivity index (χ3v) is 5.67. The van der Waals surface area contributed by atoms with Gasteiger partial charge in [0.25, 0.3) is 0 Å². The summed E-state index contributed by atoms with van der Waals surface area (Å²) in [4.78, 5) is 2.12. The van der Waals surface area contributed by atoms with E-state index in [0.29, 0.717) is 6.42 Å². The summed E-state index contributed by atoms with van der Waals surface area (Å²) < 4.78 is 6.53. The Morgan fingerprint density at radius 1 is 1.17 bits per heavy atom. The third kappa shape index (κ3) is 3.20. The smallest absolute Gasteiger partial charge is 0.161 e. The van der Waals surface area contributed by atoms with Gasteiger partial charge in [-0.25, -0.2) is 0 Å². The Morgan fingerprint density at radius 3 is 2.52 bits per heavy atom. The first-order chi connectivity index (χ1) is 10.9. The zero-order chi connectivity index (χ0) is 16.6. The van der Waals surface area contributed by atoms with Crippen LogP contribution in [0.25, 0.3) is 0 Å². The van der Waals surface area contributed by atoms with Gasteiger partial charge in [-0.05, 0) is 44.0 Å². The van der Waals surface area contributed by atoms with Gasteiger partial charge in [0.05, 0.1) is 12.2 Å². The molecule has 23 heavy (non-hydrogen) atoms. The van der Waals surface area contributed by atoms with Crippen molar-refractivity contribution in [2.24, 2.45) is 5.41 Å². The van der Waals surface area contributed by atoms with E-state index in [1.54, 1.807) is 6.07 Å². The molecule has 2 unspecified atom stereocenters. The van der Waals surface area contributed by atoms with Gasteiger partial charge in [-0.3, -0.25) is 0 Å². The highest BCUT2D eigenvalue weighted by molar-refractivity contribution is 5.51. The summed E-state index contributed by atoms with van der Waals surface area (Å²) in [5, 5.41) is 20.3. The number of phenols is 2. The molecule has 2 atom stereocenters. The van der Waals surface area contributed by atoms with Gasteiger partial charge in [0.1, 0.15) is 0 Å². The van der Waals surface area contributed by atoms with Crippen LogP contribution in [-0.4, -0.2) is 41.9 Å². The van der Waals surface area contributed by atoms with Crippen molar-refractivity contribution in [2.45, 2.75) is 57.7 Å². The second-order valence-electron chi connectivity index (χ2n) is 7.80. The molecule has 128 valence electrons. The van der Waals surface area contributed by atoms with E-state index in [4.69, 9.17) is 4.74 Å². The molecule has 1 saturated carbocycles. The van der Waals surface area contributed by atoms with E-state index in [-0.39, 0.29) is 29.1 Å². The molecular weight excluding hydrogens is 290 g/mol. The van der Waals surface area contributed by atoms with Crippen LogP contribution in [0.4, 0.5) is 0 Å². The normalized spacial score (nSPS) is 27.0. The van der Waals surface area contributed by atoms with Gasteiger partial charge in [-0.15, -0.1) is 0 Å². The Labute approximate surface area is 139 Å². The molecule has 0 amide bonds. The third-order valence-electron chi connectivity index (χ3n) is 5.67. The molecule has 0 radical (unpaired) electrons. The first-order valence-electron chi connectivity index (χ1n) is 8.74. The number of benzene rings is 1. The van der Waals surface area contributed by atoms with Gasteiger partial charge in [-0.2, -0.15) is 0 Å². The van der Waals surface area contributed by atoms with Crippen LogP contribution in [0.1, 0.15) is 56.3 Å². The molecule has 1 aliphatic heterocycles. The summed E-state index contributed by atoms with van der Waals surface area (Å²) in [5.41, 5.74) is 2.06. The van der Waals surface area contributed by atoms with Crippen molar-refractivity contribution in [3.8, 4) is 11.5 Å². The minimum Gasteiger partial charge on any atom is -0.504 e. The molecule has 0 bridgehead atoms. The zero-order valence-corrected chi connectivity index (χ0v) is 14.5. The van der Waals surface area contributed by atoms with E-state index in [0.717, 1.165) is 17.7 Å². The first-order valence-corrected chi connectivity index (χ1v) is 8.74. The number of hydrogen-bond acceptors (Lipinski definition) is 4. The molecule has 1 aromatic rings. The average molecular weight is 319 g/mol. The van der Waals surface area contributed by atoms with Crippen molar-refractivity contribution in [2.75, 3.05) is 20.6 Å². The van der Waals surface area contributed by atoms with Crippen molar-refractivity contribution >= 4 is 0 Å². The van der Waals surface area contributed by atoms with Crippen molar-refractivity contribution in [3.05, 3.63) is 23.3 Å². The van der Waals surface area contributed by atoms with E-state index in [2.05, 4.69) is 11.8 Å². The topological polar surface area (TPSA) is 52.9 Å². The maximum Gasteiger partial charge on any atom is 0.161 e. The molecule has 1 heterocycles. The number of hydrogen-bond donors (Lipinski definition) is 2. The largest absolute Gasteiger partial charge is 0.504 e. The number of aromatic hydroxyl groups is 2. The van der Waals surface area contributed by atoms with Crippen LogP contribution in [-0.2, 0) is 11.2 Å². The molecule has 2 N–H and O–H groups in total. The van der Waals surface area contributed by atoms with Crippen LogP contribution in [0.3, 0.4) is 0 Å². The number of fused-ring (bicyclic) bond motifs is 1. The fraction of sp³-hybridized carbons (Fsp3) is 0.684. The van der Waals surface area contributed by atoms with Crippen molar-refractivity contribution in [3.63, 3.8) is 0 Å². The standard InChI is InChI=1S/C19H29NO3/c1-19(9-5-4-6-10-19)17-11-14-13(7-8-15(21)18(14)22)16(23-17)12-20(2)3/h7-8,16-17,21-22H,4-6,9-12H2,1-3H3. The van der Waals surface area contributed by atoms with E-state index in [1.165, 1.54) is 32.1 Å². The quantitative estimate of drug-likeness (QED) is 0.836. The summed E-state index contributed by atoms with van der Waals surface area (Å²) in [6, 6.07) is 3.47. The minimum atomic E-state index is -0.0519. The number of likely N-dealkylation sites (N-methyl/N-ethyl adjacent to an activating group) is 1. The lowest BCUT2D eigenvalue weighted by molar-refractivity contribution is -0.107. The molecule has 3 rings (SSSR count). The van der Waals surface area contributed by atoms with Gasteiger partial charge < -0.3 is 19.8 Å². The number of phenolic OH excluding ortho intramolecular Hbond substituents is 2. The van der Waals surface area contributed by atoms with Crippen LogP contribution < -0.4 is 0 Å². The predicted octanol–water partition coefficient (Wildman–Crippen LogP) is 3.61. The van der Waals surface area contributed by atoms with Gasteiger partial charge in [0.2, 0.25) is 0 Å². The lowest BCUT2D eigenvalue weighted by Gasteiger charge is -2.45. The van der Waals surface area contributed by atoms with Crippen LogP contribution in [0.15, 0.2) is 12.1 Å². The molecule has 4 nitrogen and oxygen atoms in total. The van der Waals surface area contributed by atoms with E-state index in [1.807, 2.05) is 20.2 Å². The SMILES string of the molecule is CN(C)CC1OC(C2(C)CCCCC2)Cc2c1ccc(O)c2O. The van der Waals surface area contributed by atoms with Crippen molar-refractivity contribution in [1.29, 1.82) is 0 Å². The predicted molar refractivity (Wildman–Crippen MR) is 90.8 cm³/mol. The Kier molecular flexibility index (Phi) is 4.56. The van der Waals surface area contributed by atoms with Crippen LogP contribution >= 0.6 is 0 Å². The van der Waals surface area contributed by atoms with Crippen LogP contribution in [0, 0.1) is 5.41 Å². The lowest BCUT2D eigenvalue weighted by Crippen LogP contribution is -2.43. The van der Waals surface area contributed by atoms with E-state index < -0.39 is 0 Å². The highest BCUT2D eigenvalue weighted by Gasteiger charge is 2.42. The Bertz CT molecular complexity index is 564. The molecule has 1 aliphatic carbocycles. The molecular formula is C19H29NO3. The maximum absolute atomic E-state index is 10.4. The van der Waals surface area contributed by atoms with Crippen LogP contribution in [0.5, 0.6) is 11.5 Å². The second-order valence-corrected chi connectivity index (χ2v) is 7.80. The second kappa shape index (κ2) is 6.33. The molecule has 1 aromatic carbocycles. The number of nitrogens with zero attached hydrogens (tertiary/aromatic N) is 1. The molecule has 0 saturated heterocycles. The summed E-state index contributed by atoms with van der Waals surface area (Å²) in [6.45, 7) is 3.11. The van der Waals surface area contributed by atoms with Crippen molar-refractivity contribution < 1.29 is 14.9 Å². The van der Waals surface area contributed by atoms with Gasteiger partial charge in [0.15, 0.2) is 11.5 Å². The molecule has 1 fully saturated rings. The number of ether oxygens (including phenoxy) is 1. The Balaban J connectivity index is 1.95. The molecule has 2 aliphatic rings. The fourth-order valence-corrected chi connectivity index (χ4v) is 4.23. The Hall–Kier alpha value is -1.26. The summed E-state index contributed by atoms with van der Waals surface area (Å²) in [6.07, 6.45) is 6.93. The summed E-state index contributed by atoms with van der Waals surface area (Å²) in [5.74, 6) is 0.0146. The van der Waals surface area contributed by atoms with Gasteiger partial charge in [-0.1, -0.05) is 32.3 Å². The van der Waals surface area contributed by atoms with E-state index in [9.17, 15) is 10.2 Å². The molecule has 0 aromatic heterocycles. The van der Waals surface area contributed by atoms with Gasteiger partial charge in [0, 0.05) is 18.5 Å². The highest BCUT2D eigenvalue weighted by Crippen LogP contribution is 2.48. The number of rotatable bonds is 3. The highest BCUT2D eigenvalue weighted by atomic mass is 16.5. The fourth-order valence-electron chi connectivity index (χ4n) is 4.23. The summed E-state index contributed by atoms with van der Waals surface area (Å²) >= 11 is 0. The van der Waals surface area contributed by atoms with Crippen molar-refractivity contribution in [1.82, 2.24) is 4.90 Å². The maximum atomic E-state index is 10.4. The molecule has 4 heteroatoms. The Morgan fingerprint density at radius 2 is 1.87 bits per heavy atom. The minimum absolute atomic E-state index is 0.0261.